The molecule has 2 heterocycles. The zero-order valence-electron chi connectivity index (χ0n) is 15.3. The highest BCUT2D eigenvalue weighted by molar-refractivity contribution is 6.02. The molecule has 1 aromatic heterocycles. The standard InChI is InChI=1S/C20H19N5O4/c26-20(27)18(9-13-11-21-16-7-2-1-6-15(13)16)22-19-10-17(23-24-19)12-4-3-5-14(8-12)25(28)29/h1-8,11,18-19,21-22,24H,9-10H2,(H,26,27). The van der Waals surface area contributed by atoms with Gasteiger partial charge in [0, 0.05) is 47.6 Å². The minimum absolute atomic E-state index is 0.00985. The number of H-pyrrole nitrogens is 1. The van der Waals surface area contributed by atoms with E-state index in [9.17, 15) is 20.0 Å². The van der Waals surface area contributed by atoms with E-state index in [0.29, 0.717) is 24.1 Å². The van der Waals surface area contributed by atoms with Crippen molar-refractivity contribution < 1.29 is 14.8 Å². The van der Waals surface area contributed by atoms with Crippen LogP contribution in [0.4, 0.5) is 5.69 Å². The van der Waals surface area contributed by atoms with E-state index in [4.69, 9.17) is 0 Å². The molecule has 1 aliphatic heterocycles. The van der Waals surface area contributed by atoms with Crippen LogP contribution in [0.25, 0.3) is 10.9 Å². The van der Waals surface area contributed by atoms with Crippen molar-refractivity contribution in [1.29, 1.82) is 0 Å². The molecule has 0 amide bonds. The molecule has 0 spiro atoms. The fourth-order valence-electron chi connectivity index (χ4n) is 3.50. The lowest BCUT2D eigenvalue weighted by Crippen LogP contribution is -2.48. The van der Waals surface area contributed by atoms with Gasteiger partial charge < -0.3 is 10.1 Å². The Kier molecular flexibility index (Phi) is 4.96. The summed E-state index contributed by atoms with van der Waals surface area (Å²) in [6, 6.07) is 13.2. The summed E-state index contributed by atoms with van der Waals surface area (Å²) < 4.78 is 0. The molecule has 4 N–H and O–H groups in total. The van der Waals surface area contributed by atoms with Crippen molar-refractivity contribution in [3.63, 3.8) is 0 Å². The van der Waals surface area contributed by atoms with Crippen LogP contribution in [0.2, 0.25) is 0 Å². The molecule has 1 aliphatic rings. The van der Waals surface area contributed by atoms with Crippen LogP contribution in [0, 0.1) is 10.1 Å². The molecule has 2 atom stereocenters. The quantitative estimate of drug-likeness (QED) is 0.360. The molecule has 2 unspecified atom stereocenters. The van der Waals surface area contributed by atoms with Crippen LogP contribution in [0.3, 0.4) is 0 Å². The summed E-state index contributed by atoms with van der Waals surface area (Å²) in [6.07, 6.45) is 2.17. The van der Waals surface area contributed by atoms with Crippen molar-refractivity contribution in [3.8, 4) is 0 Å². The number of benzene rings is 2. The van der Waals surface area contributed by atoms with E-state index in [1.165, 1.54) is 12.1 Å². The number of nitro benzene ring substituents is 1. The van der Waals surface area contributed by atoms with Crippen molar-refractivity contribution in [3.05, 3.63) is 76.0 Å². The Morgan fingerprint density at radius 2 is 2.14 bits per heavy atom. The Labute approximate surface area is 165 Å². The van der Waals surface area contributed by atoms with Gasteiger partial charge in [0.2, 0.25) is 0 Å². The molecule has 0 aliphatic carbocycles. The van der Waals surface area contributed by atoms with Gasteiger partial charge in [-0.1, -0.05) is 30.3 Å². The Balaban J connectivity index is 1.45. The number of nitrogens with one attached hydrogen (secondary N) is 3. The first kappa shape index (κ1) is 18.6. The van der Waals surface area contributed by atoms with Gasteiger partial charge in [0.15, 0.2) is 0 Å². The van der Waals surface area contributed by atoms with Crippen LogP contribution in [0.1, 0.15) is 17.5 Å². The molecule has 2 aromatic carbocycles. The van der Waals surface area contributed by atoms with Gasteiger partial charge in [-0.3, -0.25) is 25.7 Å². The van der Waals surface area contributed by atoms with Crippen LogP contribution in [-0.4, -0.2) is 38.9 Å². The molecule has 148 valence electrons. The summed E-state index contributed by atoms with van der Waals surface area (Å²) in [5.74, 6) is -0.958. The predicted octanol–water partition coefficient (Wildman–Crippen LogP) is 2.39. The first-order valence-electron chi connectivity index (χ1n) is 9.12. The maximum Gasteiger partial charge on any atom is 0.321 e. The summed E-state index contributed by atoms with van der Waals surface area (Å²) in [7, 11) is 0. The molecule has 0 radical (unpaired) electrons. The monoisotopic (exact) mass is 393 g/mol. The molecule has 4 rings (SSSR count). The lowest BCUT2D eigenvalue weighted by molar-refractivity contribution is -0.384. The average Bonchev–Trinajstić information content (AvgIpc) is 3.35. The highest BCUT2D eigenvalue weighted by Gasteiger charge is 2.27. The third kappa shape index (κ3) is 3.94. The van der Waals surface area contributed by atoms with Crippen molar-refractivity contribution in [1.82, 2.24) is 15.7 Å². The number of fused-ring (bicyclic) bond motifs is 1. The second kappa shape index (κ2) is 7.72. The molecular weight excluding hydrogens is 374 g/mol. The zero-order chi connectivity index (χ0) is 20.4. The van der Waals surface area contributed by atoms with E-state index < -0.39 is 16.9 Å². The number of rotatable bonds is 7. The highest BCUT2D eigenvalue weighted by atomic mass is 16.6. The van der Waals surface area contributed by atoms with Crippen LogP contribution in [0.5, 0.6) is 0 Å². The normalized spacial score (nSPS) is 17.0. The topological polar surface area (TPSA) is 133 Å². The van der Waals surface area contributed by atoms with E-state index >= 15 is 0 Å². The number of non-ortho nitro benzene ring substituents is 1. The molecule has 3 aromatic rings. The molecule has 9 heteroatoms. The van der Waals surface area contributed by atoms with E-state index in [0.717, 1.165) is 16.5 Å². The fourth-order valence-corrected chi connectivity index (χ4v) is 3.50. The van der Waals surface area contributed by atoms with Gasteiger partial charge in [-0.15, -0.1) is 0 Å². The van der Waals surface area contributed by atoms with Gasteiger partial charge >= 0.3 is 5.97 Å². The van der Waals surface area contributed by atoms with Crippen molar-refractivity contribution >= 4 is 28.3 Å². The third-order valence-electron chi connectivity index (χ3n) is 4.94. The SMILES string of the molecule is O=C(O)C(Cc1c[nH]c2ccccc12)NC1CC(c2cccc([N+](=O)[O-])c2)=NN1. The fraction of sp³-hybridized carbons (Fsp3) is 0.200. The number of carboxylic acid groups (broad SMARTS) is 1. The zero-order valence-corrected chi connectivity index (χ0v) is 15.3. The molecular formula is C20H19N5O4. The first-order valence-corrected chi connectivity index (χ1v) is 9.12. The average molecular weight is 393 g/mol. The molecule has 0 saturated heterocycles. The smallest absolute Gasteiger partial charge is 0.321 e. The van der Waals surface area contributed by atoms with Crippen LogP contribution < -0.4 is 10.7 Å². The maximum absolute atomic E-state index is 11.8. The predicted molar refractivity (Wildman–Crippen MR) is 108 cm³/mol. The van der Waals surface area contributed by atoms with E-state index in [1.54, 1.807) is 12.1 Å². The molecule has 0 fully saturated rings. The van der Waals surface area contributed by atoms with Crippen LogP contribution in [-0.2, 0) is 11.2 Å². The molecule has 0 saturated carbocycles. The second-order valence-electron chi connectivity index (χ2n) is 6.87. The largest absolute Gasteiger partial charge is 0.480 e. The van der Waals surface area contributed by atoms with Crippen molar-refractivity contribution in [2.75, 3.05) is 0 Å². The summed E-state index contributed by atoms with van der Waals surface area (Å²) >= 11 is 0. The lowest BCUT2D eigenvalue weighted by Gasteiger charge is -2.19. The Hall–Kier alpha value is -3.72. The number of aromatic nitrogens is 1. The first-order chi connectivity index (χ1) is 14.0. The van der Waals surface area contributed by atoms with Crippen molar-refractivity contribution in [2.24, 2.45) is 5.10 Å². The molecule has 9 nitrogen and oxygen atoms in total. The summed E-state index contributed by atoms with van der Waals surface area (Å²) in [5, 5.41) is 28.9. The van der Waals surface area contributed by atoms with Gasteiger partial charge in [0.05, 0.1) is 16.8 Å². The maximum atomic E-state index is 11.8. The van der Waals surface area contributed by atoms with Gasteiger partial charge in [-0.25, -0.2) is 0 Å². The Morgan fingerprint density at radius 1 is 1.31 bits per heavy atom. The number of nitrogens with zero attached hydrogens (tertiary/aromatic N) is 2. The number of aliphatic carboxylic acids is 1. The summed E-state index contributed by atoms with van der Waals surface area (Å²) in [6.45, 7) is 0. The number of nitro groups is 1. The van der Waals surface area contributed by atoms with E-state index in [-0.39, 0.29) is 11.9 Å². The number of hydrazone groups is 1. The Bertz CT molecular complexity index is 1110. The van der Waals surface area contributed by atoms with E-state index in [2.05, 4.69) is 20.8 Å². The number of carboxylic acids is 1. The van der Waals surface area contributed by atoms with Crippen LogP contribution in [0.15, 0.2) is 59.8 Å². The summed E-state index contributed by atoms with van der Waals surface area (Å²) in [5.41, 5.74) is 6.04. The molecule has 0 bridgehead atoms. The minimum atomic E-state index is -0.958. The van der Waals surface area contributed by atoms with Crippen molar-refractivity contribution in [2.45, 2.75) is 25.0 Å². The third-order valence-corrected chi connectivity index (χ3v) is 4.94. The number of aromatic amines is 1. The number of para-hydroxylation sites is 1. The number of carbonyl (C=O) groups is 1. The molecule has 29 heavy (non-hydrogen) atoms. The van der Waals surface area contributed by atoms with E-state index in [1.807, 2.05) is 30.5 Å². The van der Waals surface area contributed by atoms with Gasteiger partial charge in [0.25, 0.3) is 5.69 Å². The number of hydrogen-bond donors (Lipinski definition) is 4. The van der Waals surface area contributed by atoms with Gasteiger partial charge in [-0.05, 0) is 11.6 Å². The number of hydrogen-bond acceptors (Lipinski definition) is 6. The minimum Gasteiger partial charge on any atom is -0.480 e. The van der Waals surface area contributed by atoms with Gasteiger partial charge in [0.1, 0.15) is 6.04 Å². The highest BCUT2D eigenvalue weighted by Crippen LogP contribution is 2.21. The second-order valence-corrected chi connectivity index (χ2v) is 6.87. The van der Waals surface area contributed by atoms with Crippen LogP contribution >= 0.6 is 0 Å². The summed E-state index contributed by atoms with van der Waals surface area (Å²) in [4.78, 5) is 25.5. The lowest BCUT2D eigenvalue weighted by atomic mass is 10.0. The Morgan fingerprint density at radius 3 is 2.93 bits per heavy atom. The van der Waals surface area contributed by atoms with Gasteiger partial charge in [-0.2, -0.15) is 5.10 Å².